The number of halogens is 8. The molecule has 13 heteroatoms. The number of hydrogen-bond donors (Lipinski definition) is 0. The second kappa shape index (κ2) is 13.7. The fourth-order valence-corrected chi connectivity index (χ4v) is 5.70. The maximum atomic E-state index is 9.75. The van der Waals surface area contributed by atoms with Gasteiger partial charge < -0.3 is 34.5 Å². The van der Waals surface area contributed by atoms with E-state index in [0.717, 1.165) is 0 Å². The van der Waals surface area contributed by atoms with Crippen LogP contribution in [0.15, 0.2) is 0 Å². The predicted molar refractivity (Wildman–Crippen MR) is 129 cm³/mol. The summed E-state index contributed by atoms with van der Waals surface area (Å²) < 4.78 is 78.0. The molecule has 1 aliphatic carbocycles. The molecule has 1 radical (unpaired) electrons. The van der Waals surface area contributed by atoms with E-state index in [1.165, 1.54) is 25.7 Å². The largest absolute Gasteiger partial charge is 2.00 e. The third-order valence-electron chi connectivity index (χ3n) is 5.25. The van der Waals surface area contributed by atoms with Crippen molar-refractivity contribution < 1.29 is 51.6 Å². The Morgan fingerprint density at radius 2 is 0.600 bits per heavy atom. The summed E-state index contributed by atoms with van der Waals surface area (Å²) in [5.41, 5.74) is 0.722. The molecule has 2 atom stereocenters. The Bertz CT molecular complexity index is 497. The molecule has 0 N–H and O–H groups in total. The Hall–Kier alpha value is 0.00935. The van der Waals surface area contributed by atoms with Crippen LogP contribution < -0.4 is 0 Å². The molecular weight excluding hydrogens is 529 g/mol. The van der Waals surface area contributed by atoms with Gasteiger partial charge >= 0.3 is 31.6 Å². The summed E-state index contributed by atoms with van der Waals surface area (Å²) in [5, 5.41) is 0. The van der Waals surface area contributed by atoms with E-state index in [2.05, 4.69) is 92.9 Å². The van der Waals surface area contributed by atoms with Crippen LogP contribution in [0.25, 0.3) is 0 Å². The van der Waals surface area contributed by atoms with E-state index in [1.54, 1.807) is 0 Å². The molecule has 217 valence electrons. The molecule has 1 saturated carbocycles. The molecule has 0 aromatic rings. The summed E-state index contributed by atoms with van der Waals surface area (Å²) in [4.78, 5) is 5.63. The third-order valence-corrected chi connectivity index (χ3v) is 5.25. The average molecular weight is 576 g/mol. The summed E-state index contributed by atoms with van der Waals surface area (Å²) in [7, 11) is -12.0. The molecule has 1 rings (SSSR count). The maximum absolute atomic E-state index is 9.75. The van der Waals surface area contributed by atoms with Gasteiger partial charge in [0, 0.05) is 34.2 Å². The molecule has 1 aliphatic rings. The molecule has 2 unspecified atom stereocenters. The van der Waals surface area contributed by atoms with E-state index < -0.39 is 14.5 Å². The van der Waals surface area contributed by atoms with Gasteiger partial charge in [0.2, 0.25) is 0 Å². The van der Waals surface area contributed by atoms with Crippen molar-refractivity contribution in [3.05, 3.63) is 0 Å². The first-order valence-electron chi connectivity index (χ1n) is 11.8. The maximum Gasteiger partial charge on any atom is 2.00 e. The molecule has 0 spiro atoms. The minimum Gasteiger partial charge on any atom is -0.418 e. The zero-order valence-electron chi connectivity index (χ0n) is 23.4. The minimum absolute atomic E-state index is 0. The fourth-order valence-electron chi connectivity index (χ4n) is 5.70. The normalized spacial score (nSPS) is 20.4. The van der Waals surface area contributed by atoms with Crippen molar-refractivity contribution in [3.8, 4) is 0 Å². The van der Waals surface area contributed by atoms with Crippen LogP contribution in [0.3, 0.4) is 0 Å². The zero-order chi connectivity index (χ0) is 28.1. The molecule has 1 fully saturated rings. The molecule has 0 aromatic carbocycles. The van der Waals surface area contributed by atoms with Crippen molar-refractivity contribution in [2.75, 3.05) is 0 Å². The van der Waals surface area contributed by atoms with Crippen molar-refractivity contribution in [3.63, 3.8) is 0 Å². The topological polar surface area (TPSA) is 6.48 Å². The van der Waals surface area contributed by atoms with Crippen molar-refractivity contribution in [2.24, 2.45) is 0 Å². The van der Waals surface area contributed by atoms with E-state index in [4.69, 9.17) is 0 Å². The van der Waals surface area contributed by atoms with Gasteiger partial charge in [-0.3, -0.25) is 9.80 Å². The average Bonchev–Trinajstić information content (AvgIpc) is 2.39. The number of nitrogens with zero attached hydrogens (tertiary/aromatic N) is 2. The van der Waals surface area contributed by atoms with Gasteiger partial charge in [-0.25, -0.2) is 0 Å². The van der Waals surface area contributed by atoms with Crippen LogP contribution >= 0.6 is 0 Å². The molecule has 0 amide bonds. The first-order chi connectivity index (χ1) is 14.5. The second-order valence-corrected chi connectivity index (χ2v) is 12.8. The SMILES string of the molecule is CC(C)(C)N(C1CCCCC1N(C(C)(C)C)C(C)(C)C)C(C)(C)C.F[B-](F)(F)F.F[B-](F)(F)F.[Cu+2]. The Labute approximate surface area is 219 Å². The predicted octanol–water partition coefficient (Wildman–Crippen LogP) is 8.69. The van der Waals surface area contributed by atoms with Crippen LogP contribution in [0.1, 0.15) is 109 Å². The standard InChI is InChI=1S/C22H46N2.2BF4.Cu/c1-19(2,3)23(20(4,5)6)17-15-13-14-16-18(17)24(21(7,8)9)22(10,11)12;2*2-1(3,4)5;/h17-18H,13-16H2,1-12H3;;;/q;2*-1;+2. The van der Waals surface area contributed by atoms with E-state index in [1.807, 2.05) is 0 Å². The monoisotopic (exact) mass is 575 g/mol. The smallest absolute Gasteiger partial charge is 0.418 e. The molecule has 2 nitrogen and oxygen atoms in total. The number of hydrogen-bond acceptors (Lipinski definition) is 2. The molecule has 0 heterocycles. The van der Waals surface area contributed by atoms with Crippen LogP contribution in [0.5, 0.6) is 0 Å². The molecule has 0 saturated heterocycles. The summed E-state index contributed by atoms with van der Waals surface area (Å²) in [5.74, 6) is 0. The van der Waals surface area contributed by atoms with Crippen LogP contribution in [-0.4, -0.2) is 58.5 Å². The van der Waals surface area contributed by atoms with E-state index in [0.29, 0.717) is 12.1 Å². The van der Waals surface area contributed by atoms with Gasteiger partial charge in [-0.2, -0.15) is 0 Å². The first-order valence-corrected chi connectivity index (χ1v) is 11.8. The molecular formula is C22H46B2CuF8N2. The second-order valence-electron chi connectivity index (χ2n) is 12.8. The zero-order valence-corrected chi connectivity index (χ0v) is 24.3. The van der Waals surface area contributed by atoms with Crippen LogP contribution in [0.4, 0.5) is 34.5 Å². The van der Waals surface area contributed by atoms with Gasteiger partial charge in [-0.15, -0.1) is 0 Å². The summed E-state index contributed by atoms with van der Waals surface area (Å²) >= 11 is 0. The molecule has 0 aromatic heterocycles. The van der Waals surface area contributed by atoms with E-state index >= 15 is 0 Å². The summed E-state index contributed by atoms with van der Waals surface area (Å²) in [6.45, 7) is 28.7. The summed E-state index contributed by atoms with van der Waals surface area (Å²) in [6.07, 6.45) is 5.38. The van der Waals surface area contributed by atoms with Gasteiger partial charge in [0.15, 0.2) is 0 Å². The van der Waals surface area contributed by atoms with Gasteiger partial charge in [0.25, 0.3) is 0 Å². The van der Waals surface area contributed by atoms with Crippen molar-refractivity contribution in [1.82, 2.24) is 9.80 Å². The van der Waals surface area contributed by atoms with Crippen LogP contribution in [-0.2, 0) is 17.1 Å². The van der Waals surface area contributed by atoms with Crippen molar-refractivity contribution in [1.29, 1.82) is 0 Å². The van der Waals surface area contributed by atoms with Gasteiger partial charge in [-0.05, 0) is 95.9 Å². The Kier molecular flexibility index (Phi) is 15.5. The van der Waals surface area contributed by atoms with E-state index in [9.17, 15) is 34.5 Å². The summed E-state index contributed by atoms with van der Waals surface area (Å²) in [6, 6.07) is 1.24. The molecule has 0 aliphatic heterocycles. The van der Waals surface area contributed by atoms with Crippen LogP contribution in [0, 0.1) is 0 Å². The van der Waals surface area contributed by atoms with Crippen LogP contribution in [0.2, 0.25) is 0 Å². The molecule has 35 heavy (non-hydrogen) atoms. The van der Waals surface area contributed by atoms with Gasteiger partial charge in [0.1, 0.15) is 0 Å². The third kappa shape index (κ3) is 18.8. The first kappa shape index (κ1) is 39.5. The Balaban J connectivity index is -0.000000784. The quantitative estimate of drug-likeness (QED) is 0.240. The van der Waals surface area contributed by atoms with Crippen molar-refractivity contribution in [2.45, 2.75) is 143 Å². The van der Waals surface area contributed by atoms with Crippen molar-refractivity contribution >= 4 is 14.5 Å². The fraction of sp³-hybridized carbons (Fsp3) is 1.00. The number of rotatable bonds is 2. The Morgan fingerprint density at radius 1 is 0.457 bits per heavy atom. The van der Waals surface area contributed by atoms with E-state index in [-0.39, 0.29) is 39.2 Å². The van der Waals surface area contributed by atoms with Gasteiger partial charge in [-0.1, -0.05) is 12.8 Å². The molecule has 0 bridgehead atoms. The minimum atomic E-state index is -6.00. The Morgan fingerprint density at radius 3 is 0.714 bits per heavy atom. The van der Waals surface area contributed by atoms with Gasteiger partial charge in [0.05, 0.1) is 0 Å².